The van der Waals surface area contributed by atoms with E-state index < -0.39 is 0 Å². The molecular formula is C15H26N2S2. The number of thioether (sulfide) groups is 1. The van der Waals surface area contributed by atoms with Gasteiger partial charge in [0, 0.05) is 34.2 Å². The summed E-state index contributed by atoms with van der Waals surface area (Å²) in [4.78, 5) is 5.91. The van der Waals surface area contributed by atoms with E-state index in [-0.39, 0.29) is 5.54 Å². The first kappa shape index (κ1) is 15.3. The molecule has 1 fully saturated rings. The Morgan fingerprint density at radius 2 is 2.05 bits per heavy atom. The van der Waals surface area contributed by atoms with E-state index >= 15 is 0 Å². The van der Waals surface area contributed by atoms with Crippen LogP contribution in [0, 0.1) is 0 Å². The van der Waals surface area contributed by atoms with Gasteiger partial charge in [0.2, 0.25) is 0 Å². The van der Waals surface area contributed by atoms with Gasteiger partial charge in [0.25, 0.3) is 0 Å². The lowest BCUT2D eigenvalue weighted by Gasteiger charge is -2.20. The first-order chi connectivity index (χ1) is 9.03. The number of nitrogens with zero attached hydrogens (tertiary/aromatic N) is 1. The van der Waals surface area contributed by atoms with E-state index in [1.807, 2.05) is 17.5 Å². The van der Waals surface area contributed by atoms with E-state index in [1.165, 1.54) is 42.0 Å². The molecule has 0 spiro atoms. The average molecular weight is 299 g/mol. The van der Waals surface area contributed by atoms with Crippen molar-refractivity contribution in [1.82, 2.24) is 10.3 Å². The van der Waals surface area contributed by atoms with E-state index in [0.29, 0.717) is 0 Å². The van der Waals surface area contributed by atoms with Gasteiger partial charge in [0.1, 0.15) is 5.01 Å². The SMILES string of the molecule is CC(C)(C)NCc1cnc(CSC2CCCCC2)s1. The molecule has 0 bridgehead atoms. The van der Waals surface area contributed by atoms with Gasteiger partial charge in [-0.05, 0) is 33.6 Å². The van der Waals surface area contributed by atoms with Gasteiger partial charge < -0.3 is 5.32 Å². The normalized spacial score (nSPS) is 17.8. The van der Waals surface area contributed by atoms with E-state index in [2.05, 4.69) is 42.8 Å². The minimum absolute atomic E-state index is 0.182. The van der Waals surface area contributed by atoms with Gasteiger partial charge in [-0.25, -0.2) is 4.98 Å². The van der Waals surface area contributed by atoms with Crippen molar-refractivity contribution in [1.29, 1.82) is 0 Å². The maximum absolute atomic E-state index is 4.56. The third kappa shape index (κ3) is 5.84. The van der Waals surface area contributed by atoms with Gasteiger partial charge in [0.05, 0.1) is 0 Å². The molecule has 0 aromatic carbocycles. The van der Waals surface area contributed by atoms with Crippen LogP contribution in [0.2, 0.25) is 0 Å². The molecule has 0 radical (unpaired) electrons. The molecule has 1 aromatic heterocycles. The number of nitrogens with one attached hydrogen (secondary N) is 1. The van der Waals surface area contributed by atoms with Crippen LogP contribution in [0.5, 0.6) is 0 Å². The molecule has 1 N–H and O–H groups in total. The van der Waals surface area contributed by atoms with Crippen LogP contribution >= 0.6 is 23.1 Å². The molecule has 1 aliphatic carbocycles. The smallest absolute Gasteiger partial charge is 0.103 e. The van der Waals surface area contributed by atoms with Crippen LogP contribution in [0.1, 0.15) is 62.8 Å². The molecule has 1 aliphatic rings. The highest BCUT2D eigenvalue weighted by Gasteiger charge is 2.15. The monoisotopic (exact) mass is 298 g/mol. The van der Waals surface area contributed by atoms with Crippen LogP contribution in [0.4, 0.5) is 0 Å². The second kappa shape index (κ2) is 7.09. The summed E-state index contributed by atoms with van der Waals surface area (Å²) in [6, 6.07) is 0. The fourth-order valence-electron chi connectivity index (χ4n) is 2.27. The summed E-state index contributed by atoms with van der Waals surface area (Å²) in [5.74, 6) is 1.10. The molecule has 2 rings (SSSR count). The Balaban J connectivity index is 1.74. The summed E-state index contributed by atoms with van der Waals surface area (Å²) >= 11 is 3.98. The summed E-state index contributed by atoms with van der Waals surface area (Å²) < 4.78 is 0. The quantitative estimate of drug-likeness (QED) is 0.860. The average Bonchev–Trinajstić information content (AvgIpc) is 2.82. The van der Waals surface area contributed by atoms with Crippen LogP contribution in [-0.4, -0.2) is 15.8 Å². The predicted octanol–water partition coefficient (Wildman–Crippen LogP) is 4.60. The molecule has 0 aliphatic heterocycles. The minimum atomic E-state index is 0.182. The number of hydrogen-bond acceptors (Lipinski definition) is 4. The van der Waals surface area contributed by atoms with Crippen LogP contribution < -0.4 is 5.32 Å². The fourth-order valence-corrected chi connectivity index (χ4v) is 4.49. The third-order valence-electron chi connectivity index (χ3n) is 3.39. The van der Waals surface area contributed by atoms with Gasteiger partial charge in [-0.3, -0.25) is 0 Å². The van der Waals surface area contributed by atoms with Crippen molar-refractivity contribution >= 4 is 23.1 Å². The lowest BCUT2D eigenvalue weighted by atomic mass is 10.0. The maximum Gasteiger partial charge on any atom is 0.103 e. The molecule has 2 nitrogen and oxygen atoms in total. The summed E-state index contributed by atoms with van der Waals surface area (Å²) in [6.45, 7) is 7.55. The van der Waals surface area contributed by atoms with Crippen molar-refractivity contribution in [3.05, 3.63) is 16.1 Å². The van der Waals surface area contributed by atoms with Crippen molar-refractivity contribution < 1.29 is 0 Å². The highest BCUT2D eigenvalue weighted by atomic mass is 32.2. The van der Waals surface area contributed by atoms with Gasteiger partial charge in [0.15, 0.2) is 0 Å². The highest BCUT2D eigenvalue weighted by molar-refractivity contribution is 7.99. The van der Waals surface area contributed by atoms with Gasteiger partial charge in [-0.2, -0.15) is 11.8 Å². The zero-order valence-electron chi connectivity index (χ0n) is 12.4. The first-order valence-corrected chi connectivity index (χ1v) is 9.20. The predicted molar refractivity (Wildman–Crippen MR) is 86.9 cm³/mol. The van der Waals surface area contributed by atoms with E-state index in [1.54, 1.807) is 0 Å². The molecule has 108 valence electrons. The standard InChI is InChI=1S/C15H26N2S2/c1-15(2,3)17-10-13-9-16-14(19-13)11-18-12-7-5-4-6-8-12/h9,12,17H,4-8,10-11H2,1-3H3. The van der Waals surface area contributed by atoms with E-state index in [4.69, 9.17) is 0 Å². The zero-order chi connectivity index (χ0) is 13.7. The summed E-state index contributed by atoms with van der Waals surface area (Å²) in [6.07, 6.45) is 9.16. The number of aromatic nitrogens is 1. The lowest BCUT2D eigenvalue weighted by Crippen LogP contribution is -2.34. The maximum atomic E-state index is 4.56. The van der Waals surface area contributed by atoms with Gasteiger partial charge in [-0.1, -0.05) is 19.3 Å². The highest BCUT2D eigenvalue weighted by Crippen LogP contribution is 2.31. The number of rotatable bonds is 5. The largest absolute Gasteiger partial charge is 0.307 e. The molecule has 0 atom stereocenters. The third-order valence-corrected chi connectivity index (χ3v) is 5.95. The Hall–Kier alpha value is -0.0600. The van der Waals surface area contributed by atoms with Crippen LogP contribution in [0.3, 0.4) is 0 Å². The van der Waals surface area contributed by atoms with Gasteiger partial charge >= 0.3 is 0 Å². The number of hydrogen-bond donors (Lipinski definition) is 1. The minimum Gasteiger partial charge on any atom is -0.307 e. The first-order valence-electron chi connectivity index (χ1n) is 7.33. The molecular weight excluding hydrogens is 272 g/mol. The molecule has 0 unspecified atom stereocenters. The Kier molecular flexibility index (Phi) is 5.72. The molecule has 4 heteroatoms. The van der Waals surface area contributed by atoms with E-state index in [9.17, 15) is 0 Å². The van der Waals surface area contributed by atoms with Crippen molar-refractivity contribution in [2.24, 2.45) is 0 Å². The van der Waals surface area contributed by atoms with Crippen LogP contribution in [-0.2, 0) is 12.3 Å². The molecule has 0 amide bonds. The Morgan fingerprint density at radius 1 is 1.32 bits per heavy atom. The van der Waals surface area contributed by atoms with Crippen molar-refractivity contribution in [2.45, 2.75) is 76.0 Å². The lowest BCUT2D eigenvalue weighted by molar-refractivity contribution is 0.426. The second-order valence-corrected chi connectivity index (χ2v) is 8.88. The molecule has 1 saturated carbocycles. The fraction of sp³-hybridized carbons (Fsp3) is 0.800. The summed E-state index contributed by atoms with van der Waals surface area (Å²) in [5, 5.41) is 5.70. The Bertz CT molecular complexity index is 376. The van der Waals surface area contributed by atoms with Crippen molar-refractivity contribution in [3.63, 3.8) is 0 Å². The Morgan fingerprint density at radius 3 is 2.74 bits per heavy atom. The second-order valence-electron chi connectivity index (χ2n) is 6.39. The topological polar surface area (TPSA) is 24.9 Å². The molecule has 0 saturated heterocycles. The van der Waals surface area contributed by atoms with E-state index in [0.717, 1.165) is 17.5 Å². The Labute approximate surface area is 125 Å². The van der Waals surface area contributed by atoms with Crippen LogP contribution in [0.15, 0.2) is 6.20 Å². The molecule has 1 heterocycles. The summed E-state index contributed by atoms with van der Waals surface area (Å²) in [7, 11) is 0. The summed E-state index contributed by atoms with van der Waals surface area (Å²) in [5.41, 5.74) is 0.182. The zero-order valence-corrected chi connectivity index (χ0v) is 14.0. The number of thiazole rings is 1. The molecule has 19 heavy (non-hydrogen) atoms. The molecule has 1 aromatic rings. The van der Waals surface area contributed by atoms with Crippen molar-refractivity contribution in [3.8, 4) is 0 Å². The van der Waals surface area contributed by atoms with Crippen molar-refractivity contribution in [2.75, 3.05) is 0 Å². The van der Waals surface area contributed by atoms with Crippen LogP contribution in [0.25, 0.3) is 0 Å². The van der Waals surface area contributed by atoms with Gasteiger partial charge in [-0.15, -0.1) is 11.3 Å².